The van der Waals surface area contributed by atoms with Gasteiger partial charge in [-0.3, -0.25) is 9.59 Å². The first-order valence-electron chi connectivity index (χ1n) is 5.26. The van der Waals surface area contributed by atoms with Gasteiger partial charge in [0.25, 0.3) is 0 Å². The van der Waals surface area contributed by atoms with Crippen molar-refractivity contribution in [2.75, 3.05) is 5.33 Å². The Kier molecular flexibility index (Phi) is 5.69. The lowest BCUT2D eigenvalue weighted by atomic mass is 10.1. The van der Waals surface area contributed by atoms with Crippen LogP contribution in [0.2, 0.25) is 0 Å². The number of rotatable bonds is 5. The summed E-state index contributed by atoms with van der Waals surface area (Å²) >= 11 is 3.08. The Morgan fingerprint density at radius 2 is 1.76 bits per heavy atom. The summed E-state index contributed by atoms with van der Waals surface area (Å²) < 4.78 is 0. The molecule has 1 aromatic rings. The number of halogens is 1. The van der Waals surface area contributed by atoms with E-state index in [9.17, 15) is 9.59 Å². The monoisotopic (exact) mass is 298 g/mol. The zero-order valence-electron chi connectivity index (χ0n) is 9.63. The van der Waals surface area contributed by atoms with Crippen LogP contribution in [0.4, 0.5) is 0 Å². The van der Waals surface area contributed by atoms with E-state index in [0.29, 0.717) is 18.4 Å². The lowest BCUT2D eigenvalue weighted by Crippen LogP contribution is -2.23. The number of hydrogen-bond acceptors (Lipinski definition) is 2. The summed E-state index contributed by atoms with van der Waals surface area (Å²) in [5.74, 6) is -0.0970. The molecular weight excluding hydrogens is 284 g/mol. The van der Waals surface area contributed by atoms with Crippen molar-refractivity contribution in [1.82, 2.24) is 10.6 Å². The molecule has 0 radical (unpaired) electrons. The van der Waals surface area contributed by atoms with Crippen LogP contribution in [0.15, 0.2) is 24.3 Å². The highest BCUT2D eigenvalue weighted by Gasteiger charge is 2.00. The van der Waals surface area contributed by atoms with Gasteiger partial charge < -0.3 is 10.6 Å². The van der Waals surface area contributed by atoms with Crippen LogP contribution in [0.3, 0.4) is 0 Å². The predicted octanol–water partition coefficient (Wildman–Crippen LogP) is 1.33. The topological polar surface area (TPSA) is 58.2 Å². The van der Waals surface area contributed by atoms with E-state index in [2.05, 4.69) is 26.6 Å². The van der Waals surface area contributed by atoms with E-state index in [1.807, 2.05) is 24.3 Å². The van der Waals surface area contributed by atoms with Crippen LogP contribution < -0.4 is 10.6 Å². The van der Waals surface area contributed by atoms with Crippen molar-refractivity contribution in [2.45, 2.75) is 20.0 Å². The Morgan fingerprint density at radius 1 is 1.18 bits per heavy atom. The summed E-state index contributed by atoms with van der Waals surface area (Å²) in [6.07, 6.45) is 0. The van der Waals surface area contributed by atoms with Crippen molar-refractivity contribution in [2.24, 2.45) is 0 Å². The highest BCUT2D eigenvalue weighted by atomic mass is 79.9. The molecule has 17 heavy (non-hydrogen) atoms. The third kappa shape index (κ3) is 5.49. The molecule has 2 amide bonds. The molecule has 0 bridgehead atoms. The van der Waals surface area contributed by atoms with Crippen LogP contribution in [0.25, 0.3) is 0 Å². The Bertz CT molecular complexity index is 407. The van der Waals surface area contributed by atoms with E-state index in [1.165, 1.54) is 6.92 Å². The summed E-state index contributed by atoms with van der Waals surface area (Å²) in [6.45, 7) is 2.49. The van der Waals surface area contributed by atoms with Gasteiger partial charge in [0.05, 0.1) is 5.33 Å². The van der Waals surface area contributed by atoms with Gasteiger partial charge in [-0.05, 0) is 11.1 Å². The third-order valence-electron chi connectivity index (χ3n) is 2.14. The van der Waals surface area contributed by atoms with Crippen LogP contribution in [0.1, 0.15) is 18.1 Å². The number of hydrogen-bond donors (Lipinski definition) is 2. The molecule has 0 heterocycles. The van der Waals surface area contributed by atoms with Crippen molar-refractivity contribution in [1.29, 1.82) is 0 Å². The van der Waals surface area contributed by atoms with E-state index in [4.69, 9.17) is 0 Å². The summed E-state index contributed by atoms with van der Waals surface area (Å²) in [6, 6.07) is 7.74. The highest BCUT2D eigenvalue weighted by molar-refractivity contribution is 9.09. The fourth-order valence-corrected chi connectivity index (χ4v) is 1.52. The molecule has 0 atom stereocenters. The zero-order chi connectivity index (χ0) is 12.7. The van der Waals surface area contributed by atoms with Crippen molar-refractivity contribution >= 4 is 27.7 Å². The minimum absolute atomic E-state index is 0.0442. The number of alkyl halides is 1. The van der Waals surface area contributed by atoms with Gasteiger partial charge in [0.2, 0.25) is 11.8 Å². The molecular formula is C12H15BrN2O2. The minimum atomic E-state index is -0.0528. The molecule has 1 rings (SSSR count). The molecule has 0 aliphatic carbocycles. The van der Waals surface area contributed by atoms with Gasteiger partial charge in [0, 0.05) is 20.0 Å². The van der Waals surface area contributed by atoms with Gasteiger partial charge in [-0.2, -0.15) is 0 Å². The second kappa shape index (κ2) is 7.06. The van der Waals surface area contributed by atoms with E-state index >= 15 is 0 Å². The second-order valence-corrected chi connectivity index (χ2v) is 4.20. The van der Waals surface area contributed by atoms with E-state index < -0.39 is 0 Å². The molecule has 0 saturated carbocycles. The van der Waals surface area contributed by atoms with Gasteiger partial charge in [-0.15, -0.1) is 0 Å². The van der Waals surface area contributed by atoms with Crippen molar-refractivity contribution < 1.29 is 9.59 Å². The first-order chi connectivity index (χ1) is 8.11. The molecule has 0 saturated heterocycles. The van der Waals surface area contributed by atoms with E-state index in [0.717, 1.165) is 11.1 Å². The first kappa shape index (κ1) is 13.7. The average Bonchev–Trinajstić information content (AvgIpc) is 2.34. The van der Waals surface area contributed by atoms with Gasteiger partial charge in [-0.25, -0.2) is 0 Å². The maximum Gasteiger partial charge on any atom is 0.230 e. The van der Waals surface area contributed by atoms with Crippen LogP contribution in [0, 0.1) is 0 Å². The Balaban J connectivity index is 2.53. The van der Waals surface area contributed by atoms with Crippen LogP contribution in [0.5, 0.6) is 0 Å². The molecule has 0 aliphatic rings. The van der Waals surface area contributed by atoms with Crippen molar-refractivity contribution in [3.8, 4) is 0 Å². The first-order valence-corrected chi connectivity index (χ1v) is 6.39. The maximum atomic E-state index is 11.1. The molecule has 1 aromatic carbocycles. The lowest BCUT2D eigenvalue weighted by molar-refractivity contribution is -0.119. The molecule has 0 fully saturated rings. The summed E-state index contributed by atoms with van der Waals surface area (Å²) in [5.41, 5.74) is 2.04. The van der Waals surface area contributed by atoms with Crippen LogP contribution in [-0.2, 0) is 22.7 Å². The quantitative estimate of drug-likeness (QED) is 0.806. The largest absolute Gasteiger partial charge is 0.352 e. The predicted molar refractivity (Wildman–Crippen MR) is 69.6 cm³/mol. The molecule has 0 aromatic heterocycles. The summed E-state index contributed by atoms with van der Waals surface area (Å²) in [4.78, 5) is 21.9. The maximum absolute atomic E-state index is 11.1. The van der Waals surface area contributed by atoms with Crippen molar-refractivity contribution in [3.05, 3.63) is 35.4 Å². The highest BCUT2D eigenvalue weighted by Crippen LogP contribution is 2.05. The van der Waals surface area contributed by atoms with E-state index in [1.54, 1.807) is 0 Å². The van der Waals surface area contributed by atoms with Gasteiger partial charge in [-0.1, -0.05) is 40.2 Å². The smallest absolute Gasteiger partial charge is 0.230 e. The van der Waals surface area contributed by atoms with Gasteiger partial charge >= 0.3 is 0 Å². The number of benzene rings is 1. The molecule has 92 valence electrons. The molecule has 4 nitrogen and oxygen atoms in total. The number of amides is 2. The Labute approximate surface area is 109 Å². The van der Waals surface area contributed by atoms with Crippen LogP contribution >= 0.6 is 15.9 Å². The molecule has 0 spiro atoms. The normalized spacial score (nSPS) is 9.76. The van der Waals surface area contributed by atoms with Gasteiger partial charge in [0.15, 0.2) is 0 Å². The van der Waals surface area contributed by atoms with Crippen molar-refractivity contribution in [3.63, 3.8) is 0 Å². The average molecular weight is 299 g/mol. The fourth-order valence-electron chi connectivity index (χ4n) is 1.32. The number of nitrogens with one attached hydrogen (secondary N) is 2. The standard InChI is InChI=1S/C12H15BrN2O2/c1-9(16)14-7-10-3-2-4-11(5-10)8-15-12(17)6-13/h2-5H,6-8H2,1H3,(H,14,16)(H,15,17). The molecule has 0 aliphatic heterocycles. The molecule has 5 heteroatoms. The zero-order valence-corrected chi connectivity index (χ0v) is 11.2. The van der Waals surface area contributed by atoms with E-state index in [-0.39, 0.29) is 11.8 Å². The van der Waals surface area contributed by atoms with Crippen LogP contribution in [-0.4, -0.2) is 17.1 Å². The fraction of sp³-hybridized carbons (Fsp3) is 0.333. The number of carbonyl (C=O) groups excluding carboxylic acids is 2. The minimum Gasteiger partial charge on any atom is -0.352 e. The SMILES string of the molecule is CC(=O)NCc1cccc(CNC(=O)CBr)c1. The Morgan fingerprint density at radius 3 is 2.29 bits per heavy atom. The third-order valence-corrected chi connectivity index (χ3v) is 2.65. The Hall–Kier alpha value is -1.36. The lowest BCUT2D eigenvalue weighted by Gasteiger charge is -2.06. The summed E-state index contributed by atoms with van der Waals surface area (Å²) in [5, 5.41) is 5.80. The molecule has 2 N–H and O–H groups in total. The summed E-state index contributed by atoms with van der Waals surface area (Å²) in [7, 11) is 0. The van der Waals surface area contributed by atoms with Gasteiger partial charge in [0.1, 0.15) is 0 Å². The number of carbonyl (C=O) groups is 2. The molecule has 0 unspecified atom stereocenters. The second-order valence-electron chi connectivity index (χ2n) is 3.64.